The van der Waals surface area contributed by atoms with E-state index in [2.05, 4.69) is 47.8 Å². The first-order valence-corrected chi connectivity index (χ1v) is 7.84. The summed E-state index contributed by atoms with van der Waals surface area (Å²) < 4.78 is 16.4. The molecule has 0 aliphatic heterocycles. The highest BCUT2D eigenvalue weighted by Crippen LogP contribution is 2.37. The summed E-state index contributed by atoms with van der Waals surface area (Å²) in [6.07, 6.45) is 0. The quantitative estimate of drug-likeness (QED) is 0.676. The fourth-order valence-corrected chi connectivity index (χ4v) is 3.87. The lowest BCUT2D eigenvalue weighted by atomic mass is 10.1. The third-order valence-electron chi connectivity index (χ3n) is 2.27. The molecule has 1 unspecified atom stereocenters. The molecule has 17 heavy (non-hydrogen) atoms. The first kappa shape index (κ1) is 13.7. The smallest absolute Gasteiger partial charge is 0.129 e. The molecule has 0 spiro atoms. The van der Waals surface area contributed by atoms with Gasteiger partial charge in [-0.3, -0.25) is 0 Å². The highest BCUT2D eigenvalue weighted by atomic mass is 79.9. The van der Waals surface area contributed by atoms with E-state index < -0.39 is 6.04 Å². The second-order valence-corrected chi connectivity index (χ2v) is 7.59. The number of nitrogens with two attached hydrogens (primary N) is 1. The lowest BCUT2D eigenvalue weighted by Crippen LogP contribution is -2.12. The van der Waals surface area contributed by atoms with Crippen molar-refractivity contribution in [2.45, 2.75) is 6.04 Å². The summed E-state index contributed by atoms with van der Waals surface area (Å²) in [6, 6.07) is 6.37. The summed E-state index contributed by atoms with van der Waals surface area (Å²) in [5.41, 5.74) is 6.56. The van der Waals surface area contributed by atoms with Crippen LogP contribution in [0.1, 0.15) is 16.5 Å². The van der Waals surface area contributed by atoms with Gasteiger partial charge in [0.25, 0.3) is 0 Å². The van der Waals surface area contributed by atoms with Crippen LogP contribution in [0.4, 0.5) is 4.39 Å². The highest BCUT2D eigenvalue weighted by molar-refractivity contribution is 9.13. The lowest BCUT2D eigenvalue weighted by molar-refractivity contribution is 0.600. The SMILES string of the molecule is NC(c1cc(Br)c(Br)s1)c1ccc(Br)cc1F. The molecular weight excluding hydrogens is 437 g/mol. The van der Waals surface area contributed by atoms with Crippen molar-refractivity contribution in [1.82, 2.24) is 0 Å². The maximum Gasteiger partial charge on any atom is 0.129 e. The van der Waals surface area contributed by atoms with Gasteiger partial charge in [-0.25, -0.2) is 4.39 Å². The summed E-state index contributed by atoms with van der Waals surface area (Å²) in [4.78, 5) is 0.907. The molecule has 0 amide bonds. The Hall–Kier alpha value is 0.250. The first-order valence-electron chi connectivity index (χ1n) is 4.64. The predicted molar refractivity (Wildman–Crippen MR) is 79.8 cm³/mol. The number of hydrogen-bond donors (Lipinski definition) is 1. The Morgan fingerprint density at radius 1 is 1.18 bits per heavy atom. The zero-order valence-electron chi connectivity index (χ0n) is 8.38. The van der Waals surface area contributed by atoms with Gasteiger partial charge in [0.05, 0.1) is 9.83 Å². The van der Waals surface area contributed by atoms with E-state index in [9.17, 15) is 4.39 Å². The van der Waals surface area contributed by atoms with Crippen molar-refractivity contribution in [2.24, 2.45) is 5.73 Å². The lowest BCUT2D eigenvalue weighted by Gasteiger charge is -2.11. The first-order chi connectivity index (χ1) is 7.99. The van der Waals surface area contributed by atoms with Gasteiger partial charge in [-0.15, -0.1) is 11.3 Å². The van der Waals surface area contributed by atoms with E-state index in [1.165, 1.54) is 17.4 Å². The molecule has 1 heterocycles. The molecule has 2 N–H and O–H groups in total. The number of benzene rings is 1. The minimum Gasteiger partial charge on any atom is -0.320 e. The Balaban J connectivity index is 2.39. The van der Waals surface area contributed by atoms with Crippen LogP contribution in [0.2, 0.25) is 0 Å². The fourth-order valence-electron chi connectivity index (χ4n) is 1.42. The molecule has 0 saturated heterocycles. The minimum atomic E-state index is -0.448. The van der Waals surface area contributed by atoms with Crippen LogP contribution in [0.3, 0.4) is 0 Å². The van der Waals surface area contributed by atoms with Crippen molar-refractivity contribution in [3.05, 3.63) is 53.3 Å². The van der Waals surface area contributed by atoms with E-state index in [4.69, 9.17) is 5.73 Å². The molecule has 0 aliphatic rings. The van der Waals surface area contributed by atoms with Crippen LogP contribution in [0.15, 0.2) is 37.0 Å². The third kappa shape index (κ3) is 2.98. The molecule has 90 valence electrons. The van der Waals surface area contributed by atoms with Crippen molar-refractivity contribution in [3.63, 3.8) is 0 Å². The predicted octanol–water partition coefficient (Wildman–Crippen LogP) is 5.22. The number of halogens is 4. The van der Waals surface area contributed by atoms with Gasteiger partial charge in [0, 0.05) is 19.4 Å². The van der Waals surface area contributed by atoms with Crippen molar-refractivity contribution in [2.75, 3.05) is 0 Å². The van der Waals surface area contributed by atoms with Crippen molar-refractivity contribution < 1.29 is 4.39 Å². The summed E-state index contributed by atoms with van der Waals surface area (Å²) in [6.45, 7) is 0. The molecule has 0 aliphatic carbocycles. The Kier molecular flexibility index (Phi) is 4.41. The Morgan fingerprint density at radius 3 is 2.41 bits per heavy atom. The molecule has 1 aromatic heterocycles. The average molecular weight is 444 g/mol. The van der Waals surface area contributed by atoms with Gasteiger partial charge >= 0.3 is 0 Å². The Labute approximate surface area is 128 Å². The van der Waals surface area contributed by atoms with E-state index in [0.717, 1.165) is 13.1 Å². The standard InChI is InChI=1S/C11H7Br3FNS/c12-5-1-2-6(8(15)3-5)10(16)9-4-7(13)11(14)17-9/h1-4,10H,16H2. The van der Waals surface area contributed by atoms with Crippen LogP contribution in [0, 0.1) is 5.82 Å². The molecule has 0 fully saturated rings. The van der Waals surface area contributed by atoms with Crippen LogP contribution in [0.5, 0.6) is 0 Å². The van der Waals surface area contributed by atoms with E-state index in [-0.39, 0.29) is 5.82 Å². The number of rotatable bonds is 2. The number of thiophene rings is 1. The van der Waals surface area contributed by atoms with Gasteiger partial charge in [-0.2, -0.15) is 0 Å². The maximum atomic E-state index is 13.8. The van der Waals surface area contributed by atoms with Gasteiger partial charge in [0.15, 0.2) is 0 Å². The van der Waals surface area contributed by atoms with Crippen LogP contribution in [-0.4, -0.2) is 0 Å². The van der Waals surface area contributed by atoms with E-state index in [1.54, 1.807) is 12.1 Å². The molecule has 2 aromatic rings. The molecule has 0 bridgehead atoms. The van der Waals surface area contributed by atoms with Crippen molar-refractivity contribution in [1.29, 1.82) is 0 Å². The van der Waals surface area contributed by atoms with E-state index >= 15 is 0 Å². The second kappa shape index (κ2) is 5.48. The topological polar surface area (TPSA) is 26.0 Å². The molecule has 0 radical (unpaired) electrons. The zero-order chi connectivity index (χ0) is 12.6. The zero-order valence-corrected chi connectivity index (χ0v) is 14.0. The Morgan fingerprint density at radius 2 is 1.88 bits per heavy atom. The average Bonchev–Trinajstić information content (AvgIpc) is 2.58. The molecule has 1 aromatic carbocycles. The third-order valence-corrected chi connectivity index (χ3v) is 6.10. The highest BCUT2D eigenvalue weighted by Gasteiger charge is 2.17. The van der Waals surface area contributed by atoms with Crippen molar-refractivity contribution in [3.8, 4) is 0 Å². The summed E-state index contributed by atoms with van der Waals surface area (Å²) in [7, 11) is 0. The molecule has 0 saturated carbocycles. The normalized spacial score (nSPS) is 12.8. The van der Waals surface area contributed by atoms with Crippen molar-refractivity contribution >= 4 is 59.1 Å². The summed E-state index contributed by atoms with van der Waals surface area (Å²) in [5, 5.41) is 0. The molecule has 1 atom stereocenters. The van der Waals surface area contributed by atoms with Gasteiger partial charge in [-0.1, -0.05) is 22.0 Å². The fraction of sp³-hybridized carbons (Fsp3) is 0.0909. The van der Waals surface area contributed by atoms with Gasteiger partial charge in [0.2, 0.25) is 0 Å². The monoisotopic (exact) mass is 441 g/mol. The van der Waals surface area contributed by atoms with E-state index in [0.29, 0.717) is 10.0 Å². The summed E-state index contributed by atoms with van der Waals surface area (Å²) >= 11 is 11.5. The van der Waals surface area contributed by atoms with Gasteiger partial charge < -0.3 is 5.73 Å². The van der Waals surface area contributed by atoms with Crippen LogP contribution in [0.25, 0.3) is 0 Å². The molecule has 6 heteroatoms. The largest absolute Gasteiger partial charge is 0.320 e. The van der Waals surface area contributed by atoms with Gasteiger partial charge in [0.1, 0.15) is 5.82 Å². The van der Waals surface area contributed by atoms with E-state index in [1.807, 2.05) is 6.07 Å². The molecule has 2 rings (SSSR count). The summed E-state index contributed by atoms with van der Waals surface area (Å²) in [5.74, 6) is -0.299. The molecular formula is C11H7Br3FNS. The van der Waals surface area contributed by atoms with Crippen LogP contribution >= 0.6 is 59.1 Å². The van der Waals surface area contributed by atoms with Gasteiger partial charge in [-0.05, 0) is 50.1 Å². The van der Waals surface area contributed by atoms with Crippen LogP contribution in [-0.2, 0) is 0 Å². The molecule has 1 nitrogen and oxygen atoms in total. The second-order valence-electron chi connectivity index (χ2n) is 3.41. The Bertz CT molecular complexity index is 536. The van der Waals surface area contributed by atoms with Crippen LogP contribution < -0.4 is 5.73 Å². The number of hydrogen-bond acceptors (Lipinski definition) is 2. The minimum absolute atomic E-state index is 0.299. The maximum absolute atomic E-state index is 13.8.